The summed E-state index contributed by atoms with van der Waals surface area (Å²) in [6.07, 6.45) is -0.741. The summed E-state index contributed by atoms with van der Waals surface area (Å²) in [6.45, 7) is 14.0. The van der Waals surface area contributed by atoms with Crippen molar-refractivity contribution < 1.29 is 54.7 Å². The summed E-state index contributed by atoms with van der Waals surface area (Å²) < 4.78 is 22.3. The molecule has 3 rings (SSSR count). The molecular formula is C36H58O11. The first-order chi connectivity index (χ1) is 22.1. The van der Waals surface area contributed by atoms with Crippen LogP contribution in [0.3, 0.4) is 0 Å². The molecule has 0 saturated carbocycles. The van der Waals surface area contributed by atoms with Gasteiger partial charge in [0.2, 0.25) is 0 Å². The van der Waals surface area contributed by atoms with E-state index in [9.17, 15) is 35.7 Å². The first kappa shape index (κ1) is 39.7. The number of rotatable bonds is 13. The average Bonchev–Trinajstić information content (AvgIpc) is 3.03. The molecule has 10 atom stereocenters. The van der Waals surface area contributed by atoms with Crippen LogP contribution < -0.4 is 0 Å². The number of allylic oxidation sites excluding steroid dienone is 9. The molecule has 2 saturated heterocycles. The summed E-state index contributed by atoms with van der Waals surface area (Å²) >= 11 is 0. The van der Waals surface area contributed by atoms with Crippen molar-refractivity contribution in [1.82, 2.24) is 0 Å². The normalized spacial score (nSPS) is 36.2. The predicted octanol–water partition coefficient (Wildman–Crippen LogP) is 2.72. The fourth-order valence-electron chi connectivity index (χ4n) is 6.34. The summed E-state index contributed by atoms with van der Waals surface area (Å²) in [4.78, 5) is 0. The molecular weight excluding hydrogens is 608 g/mol. The highest BCUT2D eigenvalue weighted by Gasteiger charge is 2.50. The smallest absolute Gasteiger partial charge is 0.187 e. The lowest BCUT2D eigenvalue weighted by Gasteiger charge is -2.45. The van der Waals surface area contributed by atoms with Gasteiger partial charge in [-0.25, -0.2) is 0 Å². The van der Waals surface area contributed by atoms with E-state index < -0.39 is 74.6 Å². The number of hydrogen-bond acceptors (Lipinski definition) is 11. The Morgan fingerprint density at radius 3 is 1.89 bits per heavy atom. The highest BCUT2D eigenvalue weighted by atomic mass is 16.7. The fourth-order valence-corrected chi connectivity index (χ4v) is 6.34. The molecule has 11 heteroatoms. The average molecular weight is 667 g/mol. The molecule has 0 spiro atoms. The maximum absolute atomic E-state index is 10.8. The van der Waals surface area contributed by atoms with Gasteiger partial charge in [0.05, 0.1) is 19.8 Å². The zero-order chi connectivity index (χ0) is 35.1. The molecule has 2 fully saturated rings. The summed E-state index contributed by atoms with van der Waals surface area (Å²) in [7, 11) is 0. The summed E-state index contributed by atoms with van der Waals surface area (Å²) in [5, 5.41) is 71.1. The molecule has 2 unspecified atom stereocenters. The van der Waals surface area contributed by atoms with E-state index in [4.69, 9.17) is 18.9 Å². The zero-order valence-electron chi connectivity index (χ0n) is 29.0. The van der Waals surface area contributed by atoms with E-state index in [0.29, 0.717) is 0 Å². The monoisotopic (exact) mass is 666 g/mol. The number of hydrogen-bond donors (Lipinski definition) is 7. The molecule has 11 nitrogen and oxygen atoms in total. The second-order valence-electron chi connectivity index (χ2n) is 13.8. The quantitative estimate of drug-likeness (QED) is 0.114. The molecule has 0 bridgehead atoms. The number of aliphatic hydroxyl groups excluding tert-OH is 7. The summed E-state index contributed by atoms with van der Waals surface area (Å²) in [6, 6.07) is 0. The van der Waals surface area contributed by atoms with E-state index in [1.165, 1.54) is 41.6 Å². The Balaban J connectivity index is 1.52. The van der Waals surface area contributed by atoms with Crippen LogP contribution >= 0.6 is 0 Å². The van der Waals surface area contributed by atoms with Gasteiger partial charge in [-0.05, 0) is 83.3 Å². The molecule has 0 radical (unpaired) electrons. The van der Waals surface area contributed by atoms with Crippen LogP contribution in [0.15, 0.2) is 57.7 Å². The molecule has 7 N–H and O–H groups in total. The molecule has 0 aromatic heterocycles. The van der Waals surface area contributed by atoms with Crippen molar-refractivity contribution in [3.05, 3.63) is 57.7 Å². The molecule has 0 aromatic rings. The van der Waals surface area contributed by atoms with Crippen molar-refractivity contribution in [1.29, 1.82) is 0 Å². The number of unbranched alkanes of at least 4 members (excludes halogenated alkanes) is 1. The zero-order valence-corrected chi connectivity index (χ0v) is 29.0. The van der Waals surface area contributed by atoms with Gasteiger partial charge in [0.1, 0.15) is 48.8 Å². The van der Waals surface area contributed by atoms with Crippen molar-refractivity contribution in [2.24, 2.45) is 5.41 Å². The predicted molar refractivity (Wildman–Crippen MR) is 177 cm³/mol. The Morgan fingerprint density at radius 1 is 0.745 bits per heavy atom. The minimum Gasteiger partial charge on any atom is -0.394 e. The van der Waals surface area contributed by atoms with Crippen molar-refractivity contribution in [3.63, 3.8) is 0 Å². The minimum absolute atomic E-state index is 0.0659. The van der Waals surface area contributed by atoms with Crippen molar-refractivity contribution in [2.75, 3.05) is 19.8 Å². The minimum atomic E-state index is -1.73. The summed E-state index contributed by atoms with van der Waals surface area (Å²) in [5.74, 6) is 0. The van der Waals surface area contributed by atoms with Crippen LogP contribution in [-0.2, 0) is 18.9 Å². The molecule has 3 aliphatic rings. The first-order valence-electron chi connectivity index (χ1n) is 16.7. The van der Waals surface area contributed by atoms with E-state index >= 15 is 0 Å². The van der Waals surface area contributed by atoms with Crippen molar-refractivity contribution >= 4 is 0 Å². The van der Waals surface area contributed by atoms with Crippen LogP contribution in [0, 0.1) is 5.41 Å². The SMILES string of the molecule is CC1=C(/C=C(C)/C(C)=C/CC/C=C(C)/C(C)=C/COC2O[C@H](CO)[C@@H](OC3O[C@H](CO)[C@@H](O)[C@H](O)[C@H]3O)[C@H](O)[C@H]2O)C(C)(C)CCC1. The van der Waals surface area contributed by atoms with Gasteiger partial charge in [-0.1, -0.05) is 60.4 Å². The molecule has 2 aliphatic heterocycles. The Labute approximate surface area is 279 Å². The Bertz CT molecular complexity index is 1180. The van der Waals surface area contributed by atoms with Crippen LogP contribution in [0.4, 0.5) is 0 Å². The largest absolute Gasteiger partial charge is 0.394 e. The van der Waals surface area contributed by atoms with Crippen LogP contribution in [0.5, 0.6) is 0 Å². The highest BCUT2D eigenvalue weighted by Crippen LogP contribution is 2.41. The standard InChI is InChI=1S/C36H58O11/c1-20(11-8-9-12-21(2)24(5)17-25-23(4)13-10-15-36(25,6)7)22(3)14-16-44-34-32(43)30(41)33(27(19-38)46-34)47-35-31(42)29(40)28(39)26(18-37)45-35/h11-12,14,17,26-35,37-43H,8-10,13,15-16,18-19H2,1-7H3/b20-11+,21-12+,22-14+,24-17+/t26-,27-,28-,29+,30-,31-,32-,33-,34?,35?/m1/s1. The van der Waals surface area contributed by atoms with E-state index in [2.05, 4.69) is 52.8 Å². The topological polar surface area (TPSA) is 179 Å². The third-order valence-corrected chi connectivity index (χ3v) is 9.83. The lowest BCUT2D eigenvalue weighted by Crippen LogP contribution is -2.64. The van der Waals surface area contributed by atoms with Gasteiger partial charge < -0.3 is 54.7 Å². The van der Waals surface area contributed by atoms with Gasteiger partial charge in [0, 0.05) is 0 Å². The molecule has 0 aromatic carbocycles. The van der Waals surface area contributed by atoms with Gasteiger partial charge in [0.15, 0.2) is 12.6 Å². The molecule has 2 heterocycles. The van der Waals surface area contributed by atoms with Crippen LogP contribution in [0.2, 0.25) is 0 Å². The van der Waals surface area contributed by atoms with E-state index in [1.54, 1.807) is 0 Å². The highest BCUT2D eigenvalue weighted by molar-refractivity contribution is 5.40. The van der Waals surface area contributed by atoms with E-state index in [-0.39, 0.29) is 12.0 Å². The van der Waals surface area contributed by atoms with Crippen molar-refractivity contribution in [2.45, 2.75) is 142 Å². The fraction of sp³-hybridized carbons (Fsp3) is 0.722. The maximum atomic E-state index is 10.8. The third-order valence-electron chi connectivity index (χ3n) is 9.83. The van der Waals surface area contributed by atoms with Gasteiger partial charge in [-0.2, -0.15) is 0 Å². The first-order valence-corrected chi connectivity index (χ1v) is 16.7. The summed E-state index contributed by atoms with van der Waals surface area (Å²) in [5.41, 5.74) is 7.84. The van der Waals surface area contributed by atoms with Gasteiger partial charge in [-0.3, -0.25) is 0 Å². The molecule has 268 valence electrons. The van der Waals surface area contributed by atoms with E-state index in [1.807, 2.05) is 19.9 Å². The third kappa shape index (κ3) is 10.1. The lowest BCUT2D eigenvalue weighted by atomic mass is 9.72. The number of aliphatic hydroxyl groups is 7. The second-order valence-corrected chi connectivity index (χ2v) is 13.8. The lowest BCUT2D eigenvalue weighted by molar-refractivity contribution is -0.358. The Morgan fingerprint density at radius 2 is 1.30 bits per heavy atom. The van der Waals surface area contributed by atoms with Gasteiger partial charge in [0.25, 0.3) is 0 Å². The maximum Gasteiger partial charge on any atom is 0.187 e. The molecule has 1 aliphatic carbocycles. The van der Waals surface area contributed by atoms with Gasteiger partial charge >= 0.3 is 0 Å². The Hall–Kier alpha value is -1.74. The molecule has 0 amide bonds. The van der Waals surface area contributed by atoms with Crippen LogP contribution in [0.1, 0.15) is 80.6 Å². The van der Waals surface area contributed by atoms with Crippen molar-refractivity contribution in [3.8, 4) is 0 Å². The molecule has 47 heavy (non-hydrogen) atoms. The number of ether oxygens (including phenoxy) is 4. The van der Waals surface area contributed by atoms with Crippen LogP contribution in [0.25, 0.3) is 0 Å². The van der Waals surface area contributed by atoms with E-state index in [0.717, 1.165) is 24.0 Å². The van der Waals surface area contributed by atoms with Crippen LogP contribution in [-0.4, -0.2) is 117 Å². The van der Waals surface area contributed by atoms with Gasteiger partial charge in [-0.15, -0.1) is 0 Å². The second kappa shape index (κ2) is 17.8. The Kier molecular flexibility index (Phi) is 15.0.